The van der Waals surface area contributed by atoms with Crippen molar-refractivity contribution in [3.05, 3.63) is 45.9 Å². The van der Waals surface area contributed by atoms with Gasteiger partial charge in [-0.1, -0.05) is 0 Å². The van der Waals surface area contributed by atoms with E-state index in [2.05, 4.69) is 39.8 Å². The van der Waals surface area contributed by atoms with Crippen molar-refractivity contribution in [1.82, 2.24) is 0 Å². The molecule has 0 amide bonds. The van der Waals surface area contributed by atoms with Crippen LogP contribution in [0.15, 0.2) is 6.08 Å². The van der Waals surface area contributed by atoms with Gasteiger partial charge in [0.2, 0.25) is 0 Å². The van der Waals surface area contributed by atoms with Gasteiger partial charge in [-0.05, 0) is 0 Å². The molecule has 93 valence electrons. The van der Waals surface area contributed by atoms with Crippen LogP contribution in [-0.2, 0) is 43.7 Å². The number of allylic oxidation sites excluding steroid dienone is 1. The van der Waals surface area contributed by atoms with Crippen LogP contribution < -0.4 is 0 Å². The van der Waals surface area contributed by atoms with Crippen molar-refractivity contribution < 1.29 is 56.9 Å². The van der Waals surface area contributed by atoms with Crippen molar-refractivity contribution >= 4 is 0 Å². The first-order valence-electron chi connectivity index (χ1n) is 2.21. The van der Waals surface area contributed by atoms with Gasteiger partial charge in [0.25, 0.3) is 0 Å². The van der Waals surface area contributed by atoms with E-state index in [9.17, 15) is 13.2 Å². The third kappa shape index (κ3) is 691. The summed E-state index contributed by atoms with van der Waals surface area (Å²) in [6, 6.07) is 0. The quantitative estimate of drug-likeness (QED) is 0.417. The molecule has 0 aromatic carbocycles. The minimum absolute atomic E-state index is 0. The Morgan fingerprint density at radius 2 is 0.765 bits per heavy atom. The molecule has 0 unspecified atom stereocenters. The molecule has 0 bridgehead atoms. The molecule has 0 aliphatic rings. The zero-order valence-corrected chi connectivity index (χ0v) is 10.4. The van der Waals surface area contributed by atoms with Crippen LogP contribution in [0, 0.1) is 39.8 Å². The minimum atomic E-state index is -4.31. The van der Waals surface area contributed by atoms with Crippen LogP contribution in [0.3, 0.4) is 0 Å². The van der Waals surface area contributed by atoms with Crippen molar-refractivity contribution in [3.8, 4) is 0 Å². The number of rotatable bonds is 0. The largest absolute Gasteiger partial charge is 0.509 e. The molecule has 1 radical (unpaired) electrons. The Bertz CT molecular complexity index is 179. The fraction of sp³-hybridized carbons (Fsp3) is 0.125. The van der Waals surface area contributed by atoms with E-state index in [4.69, 9.17) is 23.3 Å². The second kappa shape index (κ2) is 82.8. The summed E-state index contributed by atoms with van der Waals surface area (Å²) >= 11 is 0. The topological polar surface area (TPSA) is 99.5 Å². The average molecular weight is 421 g/mol. The van der Waals surface area contributed by atoms with E-state index in [0.717, 1.165) is 0 Å². The molecular weight excluding hydrogens is 419 g/mol. The predicted molar refractivity (Wildman–Crippen MR) is 34.6 cm³/mol. The first-order chi connectivity index (χ1) is 7.56. The normalized spacial score (nSPS) is 4.53. The van der Waals surface area contributed by atoms with Crippen LogP contribution >= 0.6 is 0 Å². The van der Waals surface area contributed by atoms with Gasteiger partial charge >= 0.3 is 62.7 Å². The van der Waals surface area contributed by atoms with Crippen LogP contribution in [0.2, 0.25) is 0 Å². The molecule has 17 heavy (non-hydrogen) atoms. The van der Waals surface area contributed by atoms with Crippen molar-refractivity contribution in [2.24, 2.45) is 0 Å². The van der Waals surface area contributed by atoms with Gasteiger partial charge in [-0.3, -0.25) is 0 Å². The molecule has 0 aliphatic heterocycles. The molecule has 0 saturated heterocycles. The molecule has 0 spiro atoms. The first kappa shape index (κ1) is 44.6. The van der Waals surface area contributed by atoms with Crippen LogP contribution in [0.1, 0.15) is 0 Å². The molecule has 0 heterocycles. The molecule has 0 aromatic rings. The standard InChI is InChI=1S/C3H2F3.5CO.Re/c1-2-3(4,5)6;5*1-2;/h1-2H;;;;;;/q-1;;;;;;. The maximum Gasteiger partial charge on any atom is 0.378 e. The molecule has 0 N–H and O–H groups in total. The van der Waals surface area contributed by atoms with Crippen molar-refractivity contribution in [2.75, 3.05) is 0 Å². The van der Waals surface area contributed by atoms with Crippen LogP contribution in [0.4, 0.5) is 13.2 Å². The number of alkyl halides is 3. The Morgan fingerprint density at radius 1 is 0.706 bits per heavy atom. The summed E-state index contributed by atoms with van der Waals surface area (Å²) in [7, 11) is 0. The van der Waals surface area contributed by atoms with Gasteiger partial charge in [-0.15, -0.1) is 0 Å². The van der Waals surface area contributed by atoms with Gasteiger partial charge < -0.3 is 6.58 Å². The number of halogens is 3. The summed E-state index contributed by atoms with van der Waals surface area (Å²) in [6.07, 6.45) is -4.62. The number of hydrogen-bond acceptors (Lipinski definition) is 0. The van der Waals surface area contributed by atoms with Crippen LogP contribution in [0.5, 0.6) is 0 Å². The summed E-state index contributed by atoms with van der Waals surface area (Å²) in [4.78, 5) is 0. The van der Waals surface area contributed by atoms with Crippen LogP contribution in [0.25, 0.3) is 0 Å². The third-order valence-electron chi connectivity index (χ3n) is 0.189. The molecule has 0 aliphatic carbocycles. The Morgan fingerprint density at radius 3 is 0.765 bits per heavy atom. The minimum Gasteiger partial charge on any atom is -0.509 e. The predicted octanol–water partition coefficient (Wildman–Crippen LogP) is 1.35. The summed E-state index contributed by atoms with van der Waals surface area (Å²) in [5.41, 5.74) is 0. The summed E-state index contributed by atoms with van der Waals surface area (Å²) in [5.74, 6) is 0. The van der Waals surface area contributed by atoms with E-state index in [0.29, 0.717) is 0 Å². The summed E-state index contributed by atoms with van der Waals surface area (Å²) in [6.45, 7) is 26.6. The zero-order valence-electron chi connectivity index (χ0n) is 7.71. The van der Waals surface area contributed by atoms with E-state index in [-0.39, 0.29) is 26.5 Å². The van der Waals surface area contributed by atoms with Crippen molar-refractivity contribution in [1.29, 1.82) is 0 Å². The summed E-state index contributed by atoms with van der Waals surface area (Å²) in [5, 5.41) is 0. The fourth-order valence-electron chi connectivity index (χ4n) is 0. The first-order valence-corrected chi connectivity index (χ1v) is 2.21. The molecule has 0 aromatic heterocycles. The molecule has 5 nitrogen and oxygen atoms in total. The van der Waals surface area contributed by atoms with Crippen molar-refractivity contribution in [2.45, 2.75) is 6.18 Å². The Balaban J connectivity index is -0.0000000158. The Kier molecular flexibility index (Phi) is 217. The monoisotopic (exact) mass is 422 g/mol. The van der Waals surface area contributed by atoms with Gasteiger partial charge in [-0.2, -0.15) is 19.2 Å². The molecule has 9 heteroatoms. The average Bonchev–Trinajstić information content (AvgIpc) is 2.40. The van der Waals surface area contributed by atoms with Gasteiger partial charge in [0, 0.05) is 20.4 Å². The third-order valence-corrected chi connectivity index (χ3v) is 0.189. The Labute approximate surface area is 109 Å². The Hall–Kier alpha value is -1.11. The van der Waals surface area contributed by atoms with Gasteiger partial charge in [0.05, 0.1) is 0 Å². The molecule has 0 saturated carbocycles. The molecule has 0 fully saturated rings. The zero-order chi connectivity index (χ0) is 15.2. The van der Waals surface area contributed by atoms with E-state index < -0.39 is 6.18 Å². The SMILES string of the molecule is [C-]#[O+].[C-]#[O+].[C-]#[O+].[C-]#[O+].[C-]#[O+].[CH-]=CC(F)(F)F.[Re]. The number of hydrogen-bond donors (Lipinski definition) is 0. The van der Waals surface area contributed by atoms with E-state index in [1.165, 1.54) is 0 Å². The second-order valence-corrected chi connectivity index (χ2v) is 0.708. The molecule has 0 atom stereocenters. The van der Waals surface area contributed by atoms with E-state index >= 15 is 0 Å². The van der Waals surface area contributed by atoms with Gasteiger partial charge in [-0.25, -0.2) is 0 Å². The van der Waals surface area contributed by atoms with Gasteiger partial charge in [0.15, 0.2) is 0 Å². The van der Waals surface area contributed by atoms with Crippen molar-refractivity contribution in [3.63, 3.8) is 0 Å². The van der Waals surface area contributed by atoms with Gasteiger partial charge in [0.1, 0.15) is 0 Å². The maximum absolute atomic E-state index is 10.6. The smallest absolute Gasteiger partial charge is 0.378 e. The molecule has 0 rings (SSSR count). The van der Waals surface area contributed by atoms with Crippen LogP contribution in [-0.4, -0.2) is 6.18 Å². The van der Waals surface area contributed by atoms with E-state index in [1.807, 2.05) is 0 Å². The fourth-order valence-corrected chi connectivity index (χ4v) is 0. The summed E-state index contributed by atoms with van der Waals surface area (Å²) < 4.78 is 69.3. The van der Waals surface area contributed by atoms with E-state index in [1.54, 1.807) is 0 Å². The maximum atomic E-state index is 10.6. The second-order valence-electron chi connectivity index (χ2n) is 0.708. The molecular formula is C8H2F3O5Re-.